The fourth-order valence-electron chi connectivity index (χ4n) is 1.98. The second-order valence-electron chi connectivity index (χ2n) is 4.11. The van der Waals surface area contributed by atoms with Crippen molar-refractivity contribution in [2.45, 2.75) is 20.8 Å². The number of carboxylic acids is 1. The van der Waals surface area contributed by atoms with Crippen LogP contribution in [0.2, 0.25) is 0 Å². The van der Waals surface area contributed by atoms with Crippen molar-refractivity contribution < 1.29 is 9.90 Å². The Bertz CT molecular complexity index is 585. The molecule has 0 atom stereocenters. The lowest BCUT2D eigenvalue weighted by Crippen LogP contribution is -2.09. The zero-order valence-electron chi connectivity index (χ0n) is 10.1. The predicted octanol–water partition coefficient (Wildman–Crippen LogP) is 2.50. The highest BCUT2D eigenvalue weighted by Gasteiger charge is 2.16. The summed E-state index contributed by atoms with van der Waals surface area (Å²) in [6.45, 7) is 5.59. The molecule has 0 aliphatic carbocycles. The molecule has 0 saturated carbocycles. The molecule has 1 heterocycles. The van der Waals surface area contributed by atoms with Gasteiger partial charge in [-0.05, 0) is 38.5 Å². The Morgan fingerprint density at radius 3 is 2.53 bits per heavy atom. The average Bonchev–Trinajstić information content (AvgIpc) is 2.56. The van der Waals surface area contributed by atoms with E-state index in [2.05, 4.69) is 5.10 Å². The summed E-state index contributed by atoms with van der Waals surface area (Å²) in [4.78, 5) is 11.3. The van der Waals surface area contributed by atoms with Crippen LogP contribution in [0.1, 0.15) is 27.3 Å². The summed E-state index contributed by atoms with van der Waals surface area (Å²) in [6.07, 6.45) is 0. The van der Waals surface area contributed by atoms with E-state index in [4.69, 9.17) is 0 Å². The number of benzene rings is 1. The van der Waals surface area contributed by atoms with E-state index in [-0.39, 0.29) is 0 Å². The number of nitrogens with zero attached hydrogens (tertiary/aromatic N) is 2. The van der Waals surface area contributed by atoms with E-state index in [0.29, 0.717) is 11.3 Å². The lowest BCUT2D eigenvalue weighted by Gasteiger charge is -2.10. The van der Waals surface area contributed by atoms with Crippen molar-refractivity contribution >= 4 is 5.97 Å². The van der Waals surface area contributed by atoms with Gasteiger partial charge in [0.05, 0.1) is 16.9 Å². The molecule has 0 amide bonds. The van der Waals surface area contributed by atoms with E-state index in [0.717, 1.165) is 17.0 Å². The average molecular weight is 230 g/mol. The number of carboxylic acid groups (broad SMARTS) is 1. The highest BCUT2D eigenvalue weighted by molar-refractivity contribution is 5.93. The van der Waals surface area contributed by atoms with Gasteiger partial charge < -0.3 is 5.11 Å². The molecule has 1 aromatic carbocycles. The van der Waals surface area contributed by atoms with E-state index in [1.165, 1.54) is 0 Å². The van der Waals surface area contributed by atoms with Crippen LogP contribution in [0.5, 0.6) is 0 Å². The van der Waals surface area contributed by atoms with Crippen molar-refractivity contribution in [3.05, 3.63) is 46.8 Å². The summed E-state index contributed by atoms with van der Waals surface area (Å²) < 4.78 is 1.67. The van der Waals surface area contributed by atoms with Crippen molar-refractivity contribution in [1.82, 2.24) is 9.78 Å². The Labute approximate surface area is 99.5 Å². The molecule has 1 aromatic heterocycles. The Kier molecular flexibility index (Phi) is 2.71. The number of rotatable bonds is 2. The molecule has 0 unspecified atom stereocenters. The quantitative estimate of drug-likeness (QED) is 0.862. The van der Waals surface area contributed by atoms with E-state index in [1.54, 1.807) is 23.7 Å². The first-order valence-corrected chi connectivity index (χ1v) is 5.37. The number of aryl methyl sites for hydroxylation is 3. The SMILES string of the molecule is Cc1cc(C)n(-c2cccc(C)c2C(=O)O)n1. The lowest BCUT2D eigenvalue weighted by atomic mass is 10.1. The molecule has 0 bridgehead atoms. The summed E-state index contributed by atoms with van der Waals surface area (Å²) in [5, 5.41) is 13.6. The van der Waals surface area contributed by atoms with Crippen molar-refractivity contribution in [2.75, 3.05) is 0 Å². The first kappa shape index (κ1) is 11.4. The van der Waals surface area contributed by atoms with Crippen LogP contribution in [0.4, 0.5) is 0 Å². The molecule has 1 N–H and O–H groups in total. The molecule has 0 fully saturated rings. The molecular weight excluding hydrogens is 216 g/mol. The maximum absolute atomic E-state index is 11.3. The van der Waals surface area contributed by atoms with Gasteiger partial charge >= 0.3 is 5.97 Å². The third-order valence-corrected chi connectivity index (χ3v) is 2.70. The van der Waals surface area contributed by atoms with Gasteiger partial charge in [0.15, 0.2) is 0 Å². The third-order valence-electron chi connectivity index (χ3n) is 2.70. The topological polar surface area (TPSA) is 55.1 Å². The zero-order valence-corrected chi connectivity index (χ0v) is 10.1. The van der Waals surface area contributed by atoms with Gasteiger partial charge in [-0.3, -0.25) is 0 Å². The highest BCUT2D eigenvalue weighted by Crippen LogP contribution is 2.20. The Hall–Kier alpha value is -2.10. The molecule has 2 rings (SSSR count). The number of carbonyl (C=O) groups is 1. The fraction of sp³-hybridized carbons (Fsp3) is 0.231. The number of hydrogen-bond acceptors (Lipinski definition) is 2. The molecule has 17 heavy (non-hydrogen) atoms. The molecule has 0 saturated heterocycles. The normalized spacial score (nSPS) is 10.5. The molecule has 0 aliphatic rings. The van der Waals surface area contributed by atoms with Gasteiger partial charge in [0, 0.05) is 5.69 Å². The minimum Gasteiger partial charge on any atom is -0.478 e. The summed E-state index contributed by atoms with van der Waals surface area (Å²) in [5.74, 6) is -0.925. The van der Waals surface area contributed by atoms with E-state index >= 15 is 0 Å². The monoisotopic (exact) mass is 230 g/mol. The molecule has 4 nitrogen and oxygen atoms in total. The second kappa shape index (κ2) is 4.05. The third kappa shape index (κ3) is 1.93. The highest BCUT2D eigenvalue weighted by atomic mass is 16.4. The van der Waals surface area contributed by atoms with Crippen LogP contribution in [-0.4, -0.2) is 20.9 Å². The summed E-state index contributed by atoms with van der Waals surface area (Å²) in [6, 6.07) is 7.33. The Morgan fingerprint density at radius 2 is 2.00 bits per heavy atom. The van der Waals surface area contributed by atoms with E-state index < -0.39 is 5.97 Å². The van der Waals surface area contributed by atoms with Gasteiger partial charge in [0.1, 0.15) is 0 Å². The van der Waals surface area contributed by atoms with Crippen LogP contribution in [0.15, 0.2) is 24.3 Å². The van der Waals surface area contributed by atoms with Gasteiger partial charge in [-0.25, -0.2) is 9.48 Å². The first-order chi connectivity index (χ1) is 8.00. The molecule has 0 spiro atoms. The fourth-order valence-corrected chi connectivity index (χ4v) is 1.98. The van der Waals surface area contributed by atoms with Gasteiger partial charge in [0.2, 0.25) is 0 Å². The molecule has 0 aliphatic heterocycles. The van der Waals surface area contributed by atoms with Crippen molar-refractivity contribution in [1.29, 1.82) is 0 Å². The van der Waals surface area contributed by atoms with Gasteiger partial charge in [-0.2, -0.15) is 5.10 Å². The van der Waals surface area contributed by atoms with Crippen LogP contribution in [0.3, 0.4) is 0 Å². The van der Waals surface area contributed by atoms with Gasteiger partial charge in [-0.15, -0.1) is 0 Å². The summed E-state index contributed by atoms with van der Waals surface area (Å²) >= 11 is 0. The van der Waals surface area contributed by atoms with E-state index in [1.807, 2.05) is 26.0 Å². The second-order valence-corrected chi connectivity index (χ2v) is 4.11. The molecule has 0 radical (unpaired) electrons. The van der Waals surface area contributed by atoms with Crippen molar-refractivity contribution in [3.63, 3.8) is 0 Å². The Balaban J connectivity index is 2.71. The number of aromatic carboxylic acids is 1. The van der Waals surface area contributed by atoms with Crippen LogP contribution >= 0.6 is 0 Å². The van der Waals surface area contributed by atoms with Crippen LogP contribution in [0, 0.1) is 20.8 Å². The van der Waals surface area contributed by atoms with Crippen molar-refractivity contribution in [2.24, 2.45) is 0 Å². The van der Waals surface area contributed by atoms with Crippen LogP contribution in [-0.2, 0) is 0 Å². The first-order valence-electron chi connectivity index (χ1n) is 5.37. The smallest absolute Gasteiger partial charge is 0.338 e. The standard InChI is InChI=1S/C13H14N2O2/c1-8-5-4-6-11(12(8)13(16)17)15-10(3)7-9(2)14-15/h4-7H,1-3H3,(H,16,17). The number of aromatic nitrogens is 2. The summed E-state index contributed by atoms with van der Waals surface area (Å²) in [7, 11) is 0. The van der Waals surface area contributed by atoms with Crippen LogP contribution < -0.4 is 0 Å². The largest absolute Gasteiger partial charge is 0.478 e. The minimum absolute atomic E-state index is 0.304. The summed E-state index contributed by atoms with van der Waals surface area (Å²) in [5.41, 5.74) is 3.46. The van der Waals surface area contributed by atoms with Gasteiger partial charge in [-0.1, -0.05) is 12.1 Å². The van der Waals surface area contributed by atoms with Crippen LogP contribution in [0.25, 0.3) is 5.69 Å². The number of hydrogen-bond donors (Lipinski definition) is 1. The predicted molar refractivity (Wildman–Crippen MR) is 64.7 cm³/mol. The molecular formula is C13H14N2O2. The van der Waals surface area contributed by atoms with E-state index in [9.17, 15) is 9.90 Å². The lowest BCUT2D eigenvalue weighted by molar-refractivity contribution is 0.0696. The zero-order chi connectivity index (χ0) is 12.6. The van der Waals surface area contributed by atoms with Crippen molar-refractivity contribution in [3.8, 4) is 5.69 Å². The molecule has 4 heteroatoms. The molecule has 88 valence electrons. The maximum atomic E-state index is 11.3. The maximum Gasteiger partial charge on any atom is 0.338 e. The van der Waals surface area contributed by atoms with Gasteiger partial charge in [0.25, 0.3) is 0 Å². The molecule has 2 aromatic rings. The minimum atomic E-state index is -0.925. The Morgan fingerprint density at radius 1 is 1.29 bits per heavy atom.